The van der Waals surface area contributed by atoms with Crippen molar-refractivity contribution in [3.05, 3.63) is 29.3 Å². The Kier molecular flexibility index (Phi) is 5.59. The maximum atomic E-state index is 11.8. The van der Waals surface area contributed by atoms with Crippen LogP contribution in [0, 0.1) is 5.92 Å². The lowest BCUT2D eigenvalue weighted by molar-refractivity contribution is -0.136. The fraction of sp³-hybridized carbons (Fsp3) is 0.467. The molecule has 1 aromatic rings. The molecule has 114 valence electrons. The van der Waals surface area contributed by atoms with Gasteiger partial charge in [0.2, 0.25) is 0 Å². The molecular formula is C15H19ClN2O3. The van der Waals surface area contributed by atoms with Crippen molar-refractivity contribution in [2.24, 2.45) is 5.92 Å². The van der Waals surface area contributed by atoms with Crippen molar-refractivity contribution in [3.8, 4) is 0 Å². The van der Waals surface area contributed by atoms with E-state index in [0.29, 0.717) is 17.3 Å². The van der Waals surface area contributed by atoms with E-state index in [1.54, 1.807) is 24.3 Å². The van der Waals surface area contributed by atoms with Gasteiger partial charge in [0.05, 0.1) is 16.8 Å². The molecule has 0 bridgehead atoms. The number of amides is 2. The van der Waals surface area contributed by atoms with Crippen LogP contribution < -0.4 is 10.6 Å². The predicted octanol–water partition coefficient (Wildman–Crippen LogP) is 1.95. The molecule has 1 saturated carbocycles. The van der Waals surface area contributed by atoms with Crippen molar-refractivity contribution in [1.82, 2.24) is 5.32 Å². The third-order valence-electron chi connectivity index (χ3n) is 3.72. The maximum Gasteiger partial charge on any atom is 0.313 e. The molecule has 0 radical (unpaired) electrons. The number of aliphatic hydroxyl groups is 1. The first-order chi connectivity index (χ1) is 10.1. The van der Waals surface area contributed by atoms with E-state index in [2.05, 4.69) is 10.6 Å². The van der Waals surface area contributed by atoms with Crippen LogP contribution in [0.3, 0.4) is 0 Å². The zero-order valence-electron chi connectivity index (χ0n) is 11.6. The number of carbonyl (C=O) groups is 2. The Morgan fingerprint density at radius 1 is 1.19 bits per heavy atom. The molecule has 21 heavy (non-hydrogen) atoms. The number of hydrogen-bond donors (Lipinski definition) is 3. The highest BCUT2D eigenvalue weighted by Crippen LogP contribution is 2.23. The monoisotopic (exact) mass is 310 g/mol. The van der Waals surface area contributed by atoms with Gasteiger partial charge in [0.15, 0.2) is 0 Å². The second-order valence-corrected chi connectivity index (χ2v) is 5.66. The van der Waals surface area contributed by atoms with Gasteiger partial charge >= 0.3 is 11.8 Å². The van der Waals surface area contributed by atoms with Gasteiger partial charge in [0, 0.05) is 12.5 Å². The average molecular weight is 311 g/mol. The van der Waals surface area contributed by atoms with E-state index in [4.69, 9.17) is 11.6 Å². The van der Waals surface area contributed by atoms with E-state index in [-0.39, 0.29) is 5.92 Å². The van der Waals surface area contributed by atoms with Crippen LogP contribution in [-0.4, -0.2) is 29.6 Å². The van der Waals surface area contributed by atoms with Crippen molar-refractivity contribution in [2.75, 3.05) is 11.9 Å². The second kappa shape index (κ2) is 7.43. The van der Waals surface area contributed by atoms with Crippen molar-refractivity contribution in [3.63, 3.8) is 0 Å². The molecule has 1 fully saturated rings. The van der Waals surface area contributed by atoms with Gasteiger partial charge < -0.3 is 15.7 Å². The summed E-state index contributed by atoms with van der Waals surface area (Å²) in [5.41, 5.74) is 0.400. The molecule has 2 atom stereocenters. The van der Waals surface area contributed by atoms with Gasteiger partial charge in [0.1, 0.15) is 0 Å². The number of rotatable bonds is 3. The first-order valence-electron chi connectivity index (χ1n) is 7.09. The molecule has 1 aromatic carbocycles. The minimum Gasteiger partial charge on any atom is -0.393 e. The lowest BCUT2D eigenvalue weighted by atomic mass is 9.86. The summed E-state index contributed by atoms with van der Waals surface area (Å²) in [5.74, 6) is -1.45. The number of halogens is 1. The summed E-state index contributed by atoms with van der Waals surface area (Å²) < 4.78 is 0. The van der Waals surface area contributed by atoms with Crippen LogP contribution in [0.4, 0.5) is 5.69 Å². The molecular weight excluding hydrogens is 292 g/mol. The number of aliphatic hydroxyl groups excluding tert-OH is 1. The largest absolute Gasteiger partial charge is 0.393 e. The van der Waals surface area contributed by atoms with Crippen LogP contribution in [0.2, 0.25) is 5.02 Å². The minimum atomic E-state index is -0.756. The van der Waals surface area contributed by atoms with Gasteiger partial charge in [-0.05, 0) is 25.0 Å². The van der Waals surface area contributed by atoms with Crippen LogP contribution in [0.5, 0.6) is 0 Å². The Hall–Kier alpha value is -1.59. The molecule has 0 unspecified atom stereocenters. The standard InChI is InChI=1S/C15H19ClN2O3/c16-11-6-2-3-7-12(11)18-15(21)14(20)17-9-10-5-1-4-8-13(10)19/h2-3,6-7,10,13,19H,1,4-5,8-9H2,(H,17,20)(H,18,21)/t10-,13+/m0/s1. The third kappa shape index (κ3) is 4.44. The Morgan fingerprint density at radius 2 is 1.90 bits per heavy atom. The fourth-order valence-electron chi connectivity index (χ4n) is 2.47. The Labute approximate surface area is 128 Å². The molecule has 0 spiro atoms. The lowest BCUT2D eigenvalue weighted by Crippen LogP contribution is -2.41. The summed E-state index contributed by atoms with van der Waals surface area (Å²) in [7, 11) is 0. The molecule has 6 heteroatoms. The van der Waals surface area contributed by atoms with Crippen molar-refractivity contribution < 1.29 is 14.7 Å². The highest BCUT2D eigenvalue weighted by Gasteiger charge is 2.24. The molecule has 0 aromatic heterocycles. The Morgan fingerprint density at radius 3 is 2.62 bits per heavy atom. The zero-order valence-corrected chi connectivity index (χ0v) is 12.4. The molecule has 0 aliphatic heterocycles. The highest BCUT2D eigenvalue weighted by atomic mass is 35.5. The normalized spacial score (nSPS) is 21.6. The zero-order chi connectivity index (χ0) is 15.2. The highest BCUT2D eigenvalue weighted by molar-refractivity contribution is 6.41. The minimum absolute atomic E-state index is 0.0239. The quantitative estimate of drug-likeness (QED) is 0.747. The van der Waals surface area contributed by atoms with Crippen LogP contribution >= 0.6 is 11.6 Å². The van der Waals surface area contributed by atoms with Crippen LogP contribution in [0.25, 0.3) is 0 Å². The number of hydrogen-bond acceptors (Lipinski definition) is 3. The van der Waals surface area contributed by atoms with E-state index in [1.165, 1.54) is 0 Å². The van der Waals surface area contributed by atoms with Crippen LogP contribution in [-0.2, 0) is 9.59 Å². The Balaban J connectivity index is 1.83. The summed E-state index contributed by atoms with van der Waals surface area (Å²) in [4.78, 5) is 23.5. The summed E-state index contributed by atoms with van der Waals surface area (Å²) in [6, 6.07) is 6.71. The topological polar surface area (TPSA) is 78.4 Å². The predicted molar refractivity (Wildman–Crippen MR) is 81.1 cm³/mol. The second-order valence-electron chi connectivity index (χ2n) is 5.26. The third-order valence-corrected chi connectivity index (χ3v) is 4.05. The fourth-order valence-corrected chi connectivity index (χ4v) is 2.65. The molecule has 0 saturated heterocycles. The summed E-state index contributed by atoms with van der Waals surface area (Å²) >= 11 is 5.91. The molecule has 3 N–H and O–H groups in total. The first kappa shape index (κ1) is 15.8. The number of nitrogens with one attached hydrogen (secondary N) is 2. The van der Waals surface area contributed by atoms with E-state index >= 15 is 0 Å². The van der Waals surface area contributed by atoms with E-state index < -0.39 is 17.9 Å². The summed E-state index contributed by atoms with van der Waals surface area (Å²) in [6.45, 7) is 0.315. The summed E-state index contributed by atoms with van der Waals surface area (Å²) in [6.07, 6.45) is 3.28. The van der Waals surface area contributed by atoms with Crippen molar-refractivity contribution in [2.45, 2.75) is 31.8 Å². The molecule has 2 amide bonds. The smallest absolute Gasteiger partial charge is 0.313 e. The van der Waals surface area contributed by atoms with Crippen molar-refractivity contribution >= 4 is 29.1 Å². The first-order valence-corrected chi connectivity index (χ1v) is 7.47. The maximum absolute atomic E-state index is 11.8. The number of carbonyl (C=O) groups excluding carboxylic acids is 2. The van der Waals surface area contributed by atoms with Gasteiger partial charge in [-0.2, -0.15) is 0 Å². The Bertz CT molecular complexity index is 521. The van der Waals surface area contributed by atoms with Gasteiger partial charge in [-0.1, -0.05) is 36.6 Å². The SMILES string of the molecule is O=C(NC[C@@H]1CCCC[C@H]1O)C(=O)Nc1ccccc1Cl. The molecule has 1 aliphatic carbocycles. The lowest BCUT2D eigenvalue weighted by Gasteiger charge is -2.27. The van der Waals surface area contributed by atoms with Gasteiger partial charge in [-0.25, -0.2) is 0 Å². The number of anilines is 1. The van der Waals surface area contributed by atoms with E-state index in [1.807, 2.05) is 0 Å². The molecule has 0 heterocycles. The van der Waals surface area contributed by atoms with E-state index in [9.17, 15) is 14.7 Å². The van der Waals surface area contributed by atoms with Gasteiger partial charge in [-0.3, -0.25) is 9.59 Å². The number of para-hydroxylation sites is 1. The van der Waals surface area contributed by atoms with Crippen LogP contribution in [0.1, 0.15) is 25.7 Å². The molecule has 5 nitrogen and oxygen atoms in total. The average Bonchev–Trinajstić information content (AvgIpc) is 2.48. The molecule has 2 rings (SSSR count). The van der Waals surface area contributed by atoms with Gasteiger partial charge in [0.25, 0.3) is 0 Å². The van der Waals surface area contributed by atoms with Crippen LogP contribution in [0.15, 0.2) is 24.3 Å². The summed E-state index contributed by atoms with van der Waals surface area (Å²) in [5, 5.41) is 15.2. The number of benzene rings is 1. The van der Waals surface area contributed by atoms with E-state index in [0.717, 1.165) is 25.7 Å². The molecule has 1 aliphatic rings. The van der Waals surface area contributed by atoms with Crippen molar-refractivity contribution in [1.29, 1.82) is 0 Å². The van der Waals surface area contributed by atoms with Gasteiger partial charge in [-0.15, -0.1) is 0 Å².